The van der Waals surface area contributed by atoms with Crippen molar-refractivity contribution in [3.05, 3.63) is 71.4 Å². The second-order valence-corrected chi connectivity index (χ2v) is 7.84. The number of carbonyl (C=O) groups excluding carboxylic acids is 3. The summed E-state index contributed by atoms with van der Waals surface area (Å²) in [5.74, 6) is -2.38. The van der Waals surface area contributed by atoms with Gasteiger partial charge >= 0.3 is 5.97 Å². The molecule has 0 bridgehead atoms. The van der Waals surface area contributed by atoms with Gasteiger partial charge in [-0.25, -0.2) is 9.69 Å². The van der Waals surface area contributed by atoms with Crippen LogP contribution in [0.3, 0.4) is 0 Å². The van der Waals surface area contributed by atoms with Crippen LogP contribution in [0.4, 0.5) is 5.69 Å². The molecule has 0 saturated carbocycles. The number of hydrogen-bond acceptors (Lipinski definition) is 4. The van der Waals surface area contributed by atoms with E-state index in [2.05, 4.69) is 0 Å². The number of ether oxygens (including phenoxy) is 1. The van der Waals surface area contributed by atoms with Crippen molar-refractivity contribution < 1.29 is 24.0 Å². The van der Waals surface area contributed by atoms with Crippen molar-refractivity contribution >= 4 is 29.5 Å². The number of aryl methyl sites for hydroxylation is 1. The van der Waals surface area contributed by atoms with Crippen molar-refractivity contribution in [2.45, 2.75) is 19.0 Å². The van der Waals surface area contributed by atoms with E-state index in [1.807, 2.05) is 55.6 Å². The van der Waals surface area contributed by atoms with Crippen LogP contribution in [0.25, 0.3) is 6.08 Å². The third kappa shape index (κ3) is 2.42. The van der Waals surface area contributed by atoms with Gasteiger partial charge in [-0.1, -0.05) is 42.0 Å². The average molecular weight is 389 g/mol. The predicted octanol–water partition coefficient (Wildman–Crippen LogP) is 1.27. The van der Waals surface area contributed by atoms with Crippen LogP contribution in [0.5, 0.6) is 0 Å². The van der Waals surface area contributed by atoms with Gasteiger partial charge < -0.3 is 4.74 Å². The Hall–Kier alpha value is -3.25. The van der Waals surface area contributed by atoms with E-state index in [0.29, 0.717) is 5.69 Å². The Balaban J connectivity index is 1.65. The summed E-state index contributed by atoms with van der Waals surface area (Å²) in [6.45, 7) is 1.95. The standard InChI is InChI=1S/C23H20N2O4/c1-13-7-9-15(10-8-13)25-21(26)17-18(22(25)27)20(23(28)29-2)24-12-11-14-5-3-4-6-16(14)19(17)24/h3-12,17-20H,1-2H3/p+1/t17-,18+,19+,20+/m1/s1. The van der Waals surface area contributed by atoms with E-state index >= 15 is 0 Å². The Bertz CT molecular complexity index is 1060. The Morgan fingerprint density at radius 1 is 1.00 bits per heavy atom. The molecule has 0 aliphatic carbocycles. The van der Waals surface area contributed by atoms with Gasteiger partial charge in [-0.2, -0.15) is 0 Å². The SMILES string of the molecule is COC(=O)[C@@H]1[C@H]2C(=O)N(c3ccc(C)cc3)C(=O)[C@H]2[C@@H]2c3ccccc3C=C[NH+]12. The number of hydrogen-bond donors (Lipinski definition) is 1. The Morgan fingerprint density at radius 2 is 1.69 bits per heavy atom. The van der Waals surface area contributed by atoms with Gasteiger partial charge in [0.15, 0.2) is 0 Å². The van der Waals surface area contributed by atoms with Crippen LogP contribution < -0.4 is 9.80 Å². The highest BCUT2D eigenvalue weighted by Crippen LogP contribution is 2.44. The van der Waals surface area contributed by atoms with Crippen molar-refractivity contribution in [2.24, 2.45) is 11.8 Å². The quantitative estimate of drug-likeness (QED) is 0.620. The molecule has 3 aliphatic rings. The number of esters is 1. The summed E-state index contributed by atoms with van der Waals surface area (Å²) in [5.41, 5.74) is 3.59. The Morgan fingerprint density at radius 3 is 2.41 bits per heavy atom. The van der Waals surface area contributed by atoms with Crippen molar-refractivity contribution in [3.63, 3.8) is 0 Å². The number of carbonyl (C=O) groups is 3. The van der Waals surface area contributed by atoms with Crippen molar-refractivity contribution in [3.8, 4) is 0 Å². The molecule has 29 heavy (non-hydrogen) atoms. The molecule has 0 radical (unpaired) electrons. The molecule has 1 unspecified atom stereocenters. The molecule has 5 atom stereocenters. The predicted molar refractivity (Wildman–Crippen MR) is 106 cm³/mol. The Labute approximate surface area is 168 Å². The molecule has 3 aliphatic heterocycles. The van der Waals surface area contributed by atoms with Crippen LogP contribution in [0.1, 0.15) is 22.7 Å². The minimum atomic E-state index is -0.744. The molecule has 3 heterocycles. The lowest BCUT2D eigenvalue weighted by molar-refractivity contribution is -0.885. The lowest BCUT2D eigenvalue weighted by Crippen LogP contribution is -3.12. The molecule has 0 spiro atoms. The molecule has 2 aromatic rings. The summed E-state index contributed by atoms with van der Waals surface area (Å²) in [6.07, 6.45) is 3.84. The average Bonchev–Trinajstić information content (AvgIpc) is 3.21. The first-order valence-corrected chi connectivity index (χ1v) is 9.69. The van der Waals surface area contributed by atoms with Gasteiger partial charge in [0.1, 0.15) is 17.9 Å². The zero-order valence-electron chi connectivity index (χ0n) is 16.2. The molecule has 5 rings (SSSR count). The fourth-order valence-electron chi connectivity index (χ4n) is 5.09. The van der Waals surface area contributed by atoms with Gasteiger partial charge in [0, 0.05) is 5.56 Å². The lowest BCUT2D eigenvalue weighted by Gasteiger charge is -2.30. The maximum absolute atomic E-state index is 13.5. The Kier molecular flexibility index (Phi) is 3.93. The highest BCUT2D eigenvalue weighted by atomic mass is 16.5. The second kappa shape index (κ2) is 6.39. The van der Waals surface area contributed by atoms with Crippen LogP contribution in [-0.4, -0.2) is 30.9 Å². The maximum Gasteiger partial charge on any atom is 0.365 e. The number of rotatable bonds is 2. The highest BCUT2D eigenvalue weighted by Gasteiger charge is 2.68. The monoisotopic (exact) mass is 389 g/mol. The molecular formula is C23H21N2O4+. The van der Waals surface area contributed by atoms with Crippen LogP contribution in [0.15, 0.2) is 54.7 Å². The molecule has 2 aromatic carbocycles. The zero-order valence-corrected chi connectivity index (χ0v) is 16.2. The largest absolute Gasteiger partial charge is 0.465 e. The second-order valence-electron chi connectivity index (χ2n) is 7.84. The first-order valence-electron chi connectivity index (χ1n) is 9.69. The maximum atomic E-state index is 13.5. The van der Waals surface area contributed by atoms with Gasteiger partial charge in [-0.05, 0) is 30.7 Å². The zero-order chi connectivity index (χ0) is 20.3. The van der Waals surface area contributed by atoms with E-state index in [1.165, 1.54) is 12.0 Å². The lowest BCUT2D eigenvalue weighted by atomic mass is 9.84. The molecule has 2 fully saturated rings. The summed E-state index contributed by atoms with van der Waals surface area (Å²) in [5, 5.41) is 0. The van der Waals surface area contributed by atoms with Crippen LogP contribution in [0, 0.1) is 18.8 Å². The third-order valence-corrected chi connectivity index (χ3v) is 6.37. The van der Waals surface area contributed by atoms with E-state index in [4.69, 9.17) is 4.74 Å². The van der Waals surface area contributed by atoms with Crippen LogP contribution >= 0.6 is 0 Å². The molecule has 146 valence electrons. The number of nitrogens with one attached hydrogen (secondary N) is 1. The molecule has 6 heteroatoms. The smallest absolute Gasteiger partial charge is 0.365 e. The fourth-order valence-corrected chi connectivity index (χ4v) is 5.09. The van der Waals surface area contributed by atoms with Gasteiger partial charge in [-0.3, -0.25) is 14.5 Å². The number of amides is 2. The molecule has 6 nitrogen and oxygen atoms in total. The van der Waals surface area contributed by atoms with E-state index < -0.39 is 23.8 Å². The van der Waals surface area contributed by atoms with Crippen molar-refractivity contribution in [1.29, 1.82) is 0 Å². The highest BCUT2D eigenvalue weighted by molar-refractivity contribution is 6.23. The summed E-state index contributed by atoms with van der Waals surface area (Å²) in [7, 11) is 1.32. The van der Waals surface area contributed by atoms with Crippen molar-refractivity contribution in [1.82, 2.24) is 0 Å². The number of quaternary nitrogens is 1. The first-order chi connectivity index (χ1) is 14.0. The van der Waals surface area contributed by atoms with Gasteiger partial charge in [0.25, 0.3) is 0 Å². The summed E-state index contributed by atoms with van der Waals surface area (Å²) in [4.78, 5) is 41.7. The minimum Gasteiger partial charge on any atom is -0.465 e. The number of benzene rings is 2. The molecule has 1 N–H and O–H groups in total. The summed E-state index contributed by atoms with van der Waals surface area (Å²) in [6, 6.07) is 14.1. The summed E-state index contributed by atoms with van der Waals surface area (Å²) >= 11 is 0. The van der Waals surface area contributed by atoms with E-state index in [1.54, 1.807) is 12.1 Å². The normalized spacial score (nSPS) is 29.4. The summed E-state index contributed by atoms with van der Waals surface area (Å²) < 4.78 is 5.04. The fraction of sp³-hybridized carbons (Fsp3) is 0.261. The number of imide groups is 1. The van der Waals surface area contributed by atoms with Crippen molar-refractivity contribution in [2.75, 3.05) is 12.0 Å². The first kappa shape index (κ1) is 17.8. The van der Waals surface area contributed by atoms with Gasteiger partial charge in [0.2, 0.25) is 17.9 Å². The molecule has 2 amide bonds. The van der Waals surface area contributed by atoms with Crippen LogP contribution in [0.2, 0.25) is 0 Å². The number of anilines is 1. The van der Waals surface area contributed by atoms with E-state index in [9.17, 15) is 14.4 Å². The van der Waals surface area contributed by atoms with Gasteiger partial charge in [0.05, 0.1) is 19.0 Å². The number of nitrogens with zero attached hydrogens (tertiary/aromatic N) is 1. The molecule has 0 aromatic heterocycles. The van der Waals surface area contributed by atoms with Crippen LogP contribution in [-0.2, 0) is 19.1 Å². The number of fused-ring (bicyclic) bond motifs is 5. The minimum absolute atomic E-state index is 0.247. The third-order valence-electron chi connectivity index (χ3n) is 6.37. The van der Waals surface area contributed by atoms with E-state index in [-0.39, 0.29) is 17.9 Å². The molecule has 2 saturated heterocycles. The van der Waals surface area contributed by atoms with Gasteiger partial charge in [-0.15, -0.1) is 0 Å². The molecular weight excluding hydrogens is 368 g/mol. The van der Waals surface area contributed by atoms with E-state index in [0.717, 1.165) is 21.6 Å². The topological polar surface area (TPSA) is 68.1 Å². The number of methoxy groups -OCH3 is 1.